The van der Waals surface area contributed by atoms with Crippen LogP contribution in [0.4, 0.5) is 5.82 Å². The molecule has 0 amide bonds. The van der Waals surface area contributed by atoms with E-state index in [9.17, 15) is 10.1 Å². The van der Waals surface area contributed by atoms with Crippen LogP contribution < -0.4 is 0 Å². The molecular weight excluding hydrogens is 248 g/mol. The van der Waals surface area contributed by atoms with Crippen LogP contribution in [-0.4, -0.2) is 19.9 Å². The summed E-state index contributed by atoms with van der Waals surface area (Å²) < 4.78 is 6.39. The molecule has 7 nitrogen and oxygen atoms in total. The van der Waals surface area contributed by atoms with Crippen molar-refractivity contribution in [2.24, 2.45) is 0 Å². The van der Waals surface area contributed by atoms with Gasteiger partial charge in [0, 0.05) is 5.56 Å². The van der Waals surface area contributed by atoms with E-state index in [1.807, 2.05) is 0 Å². The van der Waals surface area contributed by atoms with Crippen LogP contribution in [-0.2, 0) is 6.54 Å². The van der Waals surface area contributed by atoms with Crippen LogP contribution in [0.5, 0.6) is 0 Å². The molecule has 0 spiro atoms. The third-order valence-corrected chi connectivity index (χ3v) is 2.64. The average molecular weight is 257 g/mol. The second-order valence-corrected chi connectivity index (χ2v) is 3.97. The second-order valence-electron chi connectivity index (χ2n) is 3.56. The van der Waals surface area contributed by atoms with Gasteiger partial charge in [-0.05, 0) is 18.8 Å². The van der Waals surface area contributed by atoms with Crippen molar-refractivity contribution in [3.8, 4) is 0 Å². The van der Waals surface area contributed by atoms with Gasteiger partial charge < -0.3 is 14.6 Å². The molecule has 0 aliphatic carbocycles. The summed E-state index contributed by atoms with van der Waals surface area (Å²) in [5.74, 6) is 0.315. The summed E-state index contributed by atoms with van der Waals surface area (Å²) in [6, 6.07) is 0. The van der Waals surface area contributed by atoms with E-state index in [4.69, 9.17) is 16.1 Å². The van der Waals surface area contributed by atoms with E-state index in [0.717, 1.165) is 11.3 Å². The molecule has 0 fully saturated rings. The summed E-state index contributed by atoms with van der Waals surface area (Å²) in [5.41, 5.74) is 1.58. The molecule has 0 aliphatic heterocycles. The minimum absolute atomic E-state index is 0.0155. The number of halogens is 1. The van der Waals surface area contributed by atoms with Gasteiger partial charge in [-0.2, -0.15) is 4.68 Å². The van der Waals surface area contributed by atoms with Crippen LogP contribution in [0.15, 0.2) is 10.7 Å². The van der Waals surface area contributed by atoms with Crippen molar-refractivity contribution >= 4 is 17.4 Å². The molecule has 0 atom stereocenters. The molecule has 0 saturated heterocycles. The predicted molar refractivity (Wildman–Crippen MR) is 59.0 cm³/mol. The number of hydrogen-bond acceptors (Lipinski definition) is 5. The maximum absolute atomic E-state index is 10.6. The number of rotatable bonds is 3. The van der Waals surface area contributed by atoms with E-state index in [2.05, 4.69) is 10.3 Å². The second kappa shape index (κ2) is 4.17. The first kappa shape index (κ1) is 11.6. The highest BCUT2D eigenvalue weighted by Crippen LogP contribution is 2.22. The fourth-order valence-electron chi connectivity index (χ4n) is 1.48. The molecule has 2 rings (SSSR count). The molecule has 0 aliphatic rings. The Morgan fingerprint density at radius 1 is 1.59 bits per heavy atom. The minimum atomic E-state index is -0.619. The molecule has 0 N–H and O–H groups in total. The monoisotopic (exact) mass is 256 g/mol. The minimum Gasteiger partial charge on any atom is -0.361 e. The van der Waals surface area contributed by atoms with Crippen molar-refractivity contribution in [2.45, 2.75) is 20.4 Å². The number of aromatic nitrogens is 3. The summed E-state index contributed by atoms with van der Waals surface area (Å²) in [7, 11) is 0. The molecule has 0 radical (unpaired) electrons. The van der Waals surface area contributed by atoms with Crippen LogP contribution in [0.2, 0.25) is 5.02 Å². The van der Waals surface area contributed by atoms with E-state index >= 15 is 0 Å². The lowest BCUT2D eigenvalue weighted by Crippen LogP contribution is -2.02. The fourth-order valence-corrected chi connectivity index (χ4v) is 1.70. The predicted octanol–water partition coefficient (Wildman–Crippen LogP) is 2.10. The van der Waals surface area contributed by atoms with Gasteiger partial charge in [-0.1, -0.05) is 16.8 Å². The lowest BCUT2D eigenvalue weighted by molar-refractivity contribution is -0.389. The topological polar surface area (TPSA) is 87.0 Å². The van der Waals surface area contributed by atoms with Gasteiger partial charge in [0.25, 0.3) is 0 Å². The summed E-state index contributed by atoms with van der Waals surface area (Å²) in [4.78, 5) is 9.97. The molecule has 8 heteroatoms. The van der Waals surface area contributed by atoms with Gasteiger partial charge in [0.15, 0.2) is 5.02 Å². The maximum Gasteiger partial charge on any atom is 0.408 e. The Balaban J connectivity index is 2.31. The standard InChI is InChI=1S/C9H9ClN4O3/c1-5-7(6(2)17-12-5)3-13-4-8(10)9(11-13)14(15)16/h4H,3H2,1-2H3. The Morgan fingerprint density at radius 3 is 2.76 bits per heavy atom. The van der Waals surface area contributed by atoms with Gasteiger partial charge in [-0.25, -0.2) is 0 Å². The molecule has 90 valence electrons. The van der Waals surface area contributed by atoms with E-state index < -0.39 is 4.92 Å². The largest absolute Gasteiger partial charge is 0.408 e. The van der Waals surface area contributed by atoms with Crippen molar-refractivity contribution in [1.82, 2.24) is 14.9 Å². The van der Waals surface area contributed by atoms with Gasteiger partial charge in [-0.15, -0.1) is 0 Å². The molecular formula is C9H9ClN4O3. The normalized spacial score (nSPS) is 10.8. The van der Waals surface area contributed by atoms with E-state index in [1.54, 1.807) is 13.8 Å². The Kier molecular flexibility index (Phi) is 2.84. The Morgan fingerprint density at radius 2 is 2.29 bits per heavy atom. The highest BCUT2D eigenvalue weighted by molar-refractivity contribution is 6.32. The van der Waals surface area contributed by atoms with Gasteiger partial charge in [-0.3, -0.25) is 0 Å². The summed E-state index contributed by atoms with van der Waals surface area (Å²) >= 11 is 5.70. The first-order valence-electron chi connectivity index (χ1n) is 4.78. The first-order valence-corrected chi connectivity index (χ1v) is 5.16. The smallest absolute Gasteiger partial charge is 0.361 e. The zero-order valence-electron chi connectivity index (χ0n) is 9.18. The Hall–Kier alpha value is -1.89. The van der Waals surface area contributed by atoms with E-state index in [-0.39, 0.29) is 10.8 Å². The summed E-state index contributed by atoms with van der Waals surface area (Å²) in [5, 5.41) is 18.2. The zero-order chi connectivity index (χ0) is 12.6. The Bertz CT molecular complexity index is 555. The molecule has 2 aromatic heterocycles. The van der Waals surface area contributed by atoms with Crippen molar-refractivity contribution in [1.29, 1.82) is 0 Å². The summed E-state index contributed by atoms with van der Waals surface area (Å²) in [6.45, 7) is 3.91. The highest BCUT2D eigenvalue weighted by Gasteiger charge is 2.20. The molecule has 0 unspecified atom stereocenters. The van der Waals surface area contributed by atoms with Gasteiger partial charge in [0.2, 0.25) is 0 Å². The number of nitro groups is 1. The molecule has 0 aromatic carbocycles. The number of aryl methyl sites for hydroxylation is 2. The van der Waals surface area contributed by atoms with Crippen LogP contribution in [0.25, 0.3) is 0 Å². The number of nitrogens with zero attached hydrogens (tertiary/aromatic N) is 4. The van der Waals surface area contributed by atoms with Crippen LogP contribution >= 0.6 is 11.6 Å². The zero-order valence-corrected chi connectivity index (χ0v) is 9.93. The van der Waals surface area contributed by atoms with Crippen molar-refractivity contribution in [3.63, 3.8) is 0 Å². The molecule has 2 heterocycles. The van der Waals surface area contributed by atoms with Crippen molar-refractivity contribution < 1.29 is 9.45 Å². The molecule has 0 saturated carbocycles. The van der Waals surface area contributed by atoms with Crippen LogP contribution in [0, 0.1) is 24.0 Å². The summed E-state index contributed by atoms with van der Waals surface area (Å²) in [6.07, 6.45) is 1.41. The van der Waals surface area contributed by atoms with E-state index in [0.29, 0.717) is 12.3 Å². The van der Waals surface area contributed by atoms with Gasteiger partial charge in [0.1, 0.15) is 5.76 Å². The molecule has 0 bridgehead atoms. The number of hydrogen-bond donors (Lipinski definition) is 0. The molecule has 17 heavy (non-hydrogen) atoms. The lowest BCUT2D eigenvalue weighted by Gasteiger charge is -1.95. The average Bonchev–Trinajstić information content (AvgIpc) is 2.76. The van der Waals surface area contributed by atoms with Gasteiger partial charge >= 0.3 is 5.82 Å². The quantitative estimate of drug-likeness (QED) is 0.620. The lowest BCUT2D eigenvalue weighted by atomic mass is 10.2. The third kappa shape index (κ3) is 2.14. The van der Waals surface area contributed by atoms with Crippen LogP contribution in [0.3, 0.4) is 0 Å². The maximum atomic E-state index is 10.6. The van der Waals surface area contributed by atoms with Gasteiger partial charge in [0.05, 0.1) is 23.5 Å². The Labute approximate surface area is 101 Å². The van der Waals surface area contributed by atoms with E-state index in [1.165, 1.54) is 10.9 Å². The highest BCUT2D eigenvalue weighted by atomic mass is 35.5. The third-order valence-electron chi connectivity index (χ3n) is 2.37. The fraction of sp³-hybridized carbons (Fsp3) is 0.333. The van der Waals surface area contributed by atoms with Crippen molar-refractivity contribution in [2.75, 3.05) is 0 Å². The SMILES string of the molecule is Cc1noc(C)c1Cn1cc(Cl)c([N+](=O)[O-])n1. The first-order chi connectivity index (χ1) is 7.99. The molecule has 2 aromatic rings. The van der Waals surface area contributed by atoms with Crippen molar-refractivity contribution in [3.05, 3.63) is 38.4 Å². The van der Waals surface area contributed by atoms with Crippen LogP contribution in [0.1, 0.15) is 17.0 Å².